The molecule has 7 heteroatoms. The number of halogens is 1. The first-order valence-electron chi connectivity index (χ1n) is 6.46. The third-order valence-corrected chi connectivity index (χ3v) is 5.56. The minimum Gasteiger partial charge on any atom is -0.288 e. The Hall–Kier alpha value is -1.37. The topological polar surface area (TPSA) is 54.7 Å². The number of pyridine rings is 1. The maximum atomic E-state index is 13.0. The fourth-order valence-corrected chi connectivity index (χ4v) is 4.49. The zero-order chi connectivity index (χ0) is 15.8. The summed E-state index contributed by atoms with van der Waals surface area (Å²) in [5.41, 5.74) is -0.108. The van der Waals surface area contributed by atoms with Crippen LogP contribution in [0.4, 0.5) is 0 Å². The summed E-state index contributed by atoms with van der Waals surface area (Å²) in [6.07, 6.45) is 3.19. The van der Waals surface area contributed by atoms with Gasteiger partial charge in [-0.2, -0.15) is 4.31 Å². The zero-order valence-corrected chi connectivity index (χ0v) is 13.8. The molecule has 21 heavy (non-hydrogen) atoms. The van der Waals surface area contributed by atoms with Crippen molar-refractivity contribution in [2.45, 2.75) is 31.3 Å². The van der Waals surface area contributed by atoms with Gasteiger partial charge in [-0.3, -0.25) is 4.40 Å². The third kappa shape index (κ3) is 2.84. The summed E-state index contributed by atoms with van der Waals surface area (Å²) in [4.78, 5) is 4.10. The summed E-state index contributed by atoms with van der Waals surface area (Å²) in [6, 6.07) is 5.22. The molecule has 114 valence electrons. The van der Waals surface area contributed by atoms with Gasteiger partial charge in [0.2, 0.25) is 0 Å². The Kier molecular flexibility index (Phi) is 4.15. The van der Waals surface area contributed by atoms with Crippen molar-refractivity contribution in [1.29, 1.82) is 0 Å². The van der Waals surface area contributed by atoms with E-state index < -0.39 is 15.6 Å². The molecule has 0 aliphatic heterocycles. The van der Waals surface area contributed by atoms with Crippen LogP contribution < -0.4 is 0 Å². The van der Waals surface area contributed by atoms with Gasteiger partial charge in [0.25, 0.3) is 10.0 Å². The normalized spacial score (nSPS) is 13.0. The summed E-state index contributed by atoms with van der Waals surface area (Å²) >= 11 is 6.08. The second kappa shape index (κ2) is 5.44. The minimum absolute atomic E-state index is 0.0171. The molecule has 0 saturated carbocycles. The monoisotopic (exact) mass is 327 g/mol. The van der Waals surface area contributed by atoms with Crippen LogP contribution in [0.3, 0.4) is 0 Å². The number of rotatable bonds is 4. The van der Waals surface area contributed by atoms with Crippen LogP contribution in [-0.2, 0) is 10.0 Å². The van der Waals surface area contributed by atoms with E-state index in [0.717, 1.165) is 0 Å². The van der Waals surface area contributed by atoms with Crippen LogP contribution in [0.5, 0.6) is 0 Å². The molecule has 5 nitrogen and oxygen atoms in total. The number of sulfonamides is 1. The van der Waals surface area contributed by atoms with Gasteiger partial charge in [-0.1, -0.05) is 23.7 Å². The Bertz CT molecular complexity index is 775. The van der Waals surface area contributed by atoms with Crippen molar-refractivity contribution < 1.29 is 8.42 Å². The molecule has 0 spiro atoms. The van der Waals surface area contributed by atoms with E-state index in [4.69, 9.17) is 11.6 Å². The molecule has 0 aliphatic rings. The Balaban J connectivity index is 2.71. The summed E-state index contributed by atoms with van der Waals surface area (Å²) in [5.74, 6) is 0. The molecule has 2 rings (SSSR count). The molecule has 0 unspecified atom stereocenters. The van der Waals surface area contributed by atoms with Gasteiger partial charge in [0.15, 0.2) is 10.2 Å². The average molecular weight is 328 g/mol. The fraction of sp³-hybridized carbons (Fsp3) is 0.357. The zero-order valence-electron chi connectivity index (χ0n) is 12.2. The highest BCUT2D eigenvalue weighted by molar-refractivity contribution is 7.89. The molecule has 0 fully saturated rings. The predicted octanol–water partition coefficient (Wildman–Crippen LogP) is 2.96. The lowest BCUT2D eigenvalue weighted by atomic mass is 10.1. The molecule has 2 aromatic heterocycles. The molecule has 0 aromatic carbocycles. The molecular weight excluding hydrogens is 310 g/mol. The van der Waals surface area contributed by atoms with E-state index in [1.807, 2.05) is 20.8 Å². The van der Waals surface area contributed by atoms with Gasteiger partial charge in [-0.15, -0.1) is 6.58 Å². The van der Waals surface area contributed by atoms with Crippen LogP contribution in [0.2, 0.25) is 5.15 Å². The predicted molar refractivity (Wildman–Crippen MR) is 84.0 cm³/mol. The van der Waals surface area contributed by atoms with Crippen LogP contribution in [0.25, 0.3) is 5.65 Å². The largest absolute Gasteiger partial charge is 0.288 e. The molecular formula is C14H18ClN3O2S. The Labute approximate surface area is 129 Å². The van der Waals surface area contributed by atoms with Gasteiger partial charge in [-0.25, -0.2) is 13.4 Å². The Morgan fingerprint density at radius 1 is 1.43 bits per heavy atom. The lowest BCUT2D eigenvalue weighted by molar-refractivity contribution is 0.269. The van der Waals surface area contributed by atoms with Gasteiger partial charge in [0.1, 0.15) is 5.65 Å². The molecule has 0 saturated heterocycles. The molecule has 0 atom stereocenters. The van der Waals surface area contributed by atoms with Crippen molar-refractivity contribution >= 4 is 27.3 Å². The first-order chi connectivity index (χ1) is 9.69. The summed E-state index contributed by atoms with van der Waals surface area (Å²) in [7, 11) is -3.80. The van der Waals surface area contributed by atoms with Gasteiger partial charge < -0.3 is 0 Å². The SMILES string of the molecule is C=CCN(C(C)(C)C)S(=O)(=O)c1c(Cl)nc2ccccn12. The van der Waals surface area contributed by atoms with Gasteiger partial charge in [-0.05, 0) is 32.9 Å². The third-order valence-electron chi connectivity index (χ3n) is 3.02. The average Bonchev–Trinajstić information content (AvgIpc) is 2.70. The van der Waals surface area contributed by atoms with Crippen molar-refractivity contribution in [3.8, 4) is 0 Å². The van der Waals surface area contributed by atoms with Crippen molar-refractivity contribution in [3.63, 3.8) is 0 Å². The number of hydrogen-bond donors (Lipinski definition) is 0. The van der Waals surface area contributed by atoms with Gasteiger partial charge >= 0.3 is 0 Å². The molecule has 0 aliphatic carbocycles. The standard InChI is InChI=1S/C14H18ClN3O2S/c1-5-9-18(14(2,3)4)21(19,20)13-12(15)16-11-8-6-7-10-17(11)13/h5-8,10H,1,9H2,2-4H3. The molecule has 2 heterocycles. The van der Waals surface area contributed by atoms with E-state index in [2.05, 4.69) is 11.6 Å². The van der Waals surface area contributed by atoms with Gasteiger partial charge in [0, 0.05) is 18.3 Å². The molecule has 2 aromatic rings. The lowest BCUT2D eigenvalue weighted by Crippen LogP contribution is -2.45. The molecule has 0 amide bonds. The van der Waals surface area contributed by atoms with Crippen molar-refractivity contribution in [3.05, 3.63) is 42.2 Å². The van der Waals surface area contributed by atoms with E-state index in [1.165, 1.54) is 8.71 Å². The van der Waals surface area contributed by atoms with Crippen molar-refractivity contribution in [2.75, 3.05) is 6.54 Å². The van der Waals surface area contributed by atoms with Crippen LogP contribution in [0, 0.1) is 0 Å². The number of aromatic nitrogens is 2. The quantitative estimate of drug-likeness (QED) is 0.811. The second-order valence-electron chi connectivity index (χ2n) is 5.63. The first kappa shape index (κ1) is 16.0. The molecule has 0 bridgehead atoms. The minimum atomic E-state index is -3.80. The number of fused-ring (bicyclic) bond motifs is 1. The van der Waals surface area contributed by atoms with E-state index in [-0.39, 0.29) is 16.7 Å². The second-order valence-corrected chi connectivity index (χ2v) is 7.77. The van der Waals surface area contributed by atoms with E-state index in [9.17, 15) is 8.42 Å². The lowest BCUT2D eigenvalue weighted by Gasteiger charge is -2.33. The van der Waals surface area contributed by atoms with E-state index in [1.54, 1.807) is 30.5 Å². The van der Waals surface area contributed by atoms with Crippen LogP contribution in [-0.4, -0.2) is 34.2 Å². The maximum Gasteiger partial charge on any atom is 0.263 e. The van der Waals surface area contributed by atoms with Gasteiger partial charge in [0.05, 0.1) is 0 Å². The first-order valence-corrected chi connectivity index (χ1v) is 8.27. The van der Waals surface area contributed by atoms with Crippen LogP contribution in [0.1, 0.15) is 20.8 Å². The van der Waals surface area contributed by atoms with E-state index in [0.29, 0.717) is 5.65 Å². The highest BCUT2D eigenvalue weighted by Gasteiger charge is 2.37. The van der Waals surface area contributed by atoms with Crippen LogP contribution in [0.15, 0.2) is 42.1 Å². The summed E-state index contributed by atoms with van der Waals surface area (Å²) in [6.45, 7) is 9.30. The Morgan fingerprint density at radius 2 is 2.10 bits per heavy atom. The summed E-state index contributed by atoms with van der Waals surface area (Å²) in [5, 5.41) is -0.0453. The summed E-state index contributed by atoms with van der Waals surface area (Å²) < 4.78 is 28.8. The fourth-order valence-electron chi connectivity index (χ4n) is 2.13. The molecule has 0 N–H and O–H groups in total. The number of nitrogens with zero attached hydrogens (tertiary/aromatic N) is 3. The highest BCUT2D eigenvalue weighted by Crippen LogP contribution is 2.29. The van der Waals surface area contributed by atoms with Crippen molar-refractivity contribution in [1.82, 2.24) is 13.7 Å². The smallest absolute Gasteiger partial charge is 0.263 e. The highest BCUT2D eigenvalue weighted by atomic mass is 35.5. The number of imidazole rings is 1. The van der Waals surface area contributed by atoms with Crippen LogP contribution >= 0.6 is 11.6 Å². The number of hydrogen-bond acceptors (Lipinski definition) is 3. The Morgan fingerprint density at radius 3 is 2.67 bits per heavy atom. The van der Waals surface area contributed by atoms with E-state index >= 15 is 0 Å². The molecule has 0 radical (unpaired) electrons. The van der Waals surface area contributed by atoms with Crippen molar-refractivity contribution in [2.24, 2.45) is 0 Å². The maximum absolute atomic E-state index is 13.0.